The van der Waals surface area contributed by atoms with Crippen molar-refractivity contribution in [3.63, 3.8) is 0 Å². The highest BCUT2D eigenvalue weighted by Crippen LogP contribution is 2.18. The first kappa shape index (κ1) is 12.0. The quantitative estimate of drug-likeness (QED) is 0.719. The summed E-state index contributed by atoms with van der Waals surface area (Å²) >= 11 is 5.73. The highest BCUT2D eigenvalue weighted by molar-refractivity contribution is 6.30. The number of carbonyl (C=O) groups is 1. The van der Waals surface area contributed by atoms with Crippen LogP contribution in [0.2, 0.25) is 5.02 Å². The van der Waals surface area contributed by atoms with Gasteiger partial charge < -0.3 is 16.2 Å². The number of hydrogen-bond donors (Lipinski definition) is 3. The topological polar surface area (TPSA) is 75.3 Å². The number of carboxylic acids is 1. The first-order chi connectivity index (χ1) is 7.06. The standard InChI is InChI=1S/C10H13ClN2O2/c1-13-9(8(12)10(14)15)6-2-4-7(11)5-3-6/h2-5,8-9,13H,12H2,1H3,(H,14,15). The van der Waals surface area contributed by atoms with E-state index >= 15 is 0 Å². The molecule has 0 fully saturated rings. The monoisotopic (exact) mass is 228 g/mol. The van der Waals surface area contributed by atoms with Crippen molar-refractivity contribution in [1.29, 1.82) is 0 Å². The molecule has 0 spiro atoms. The number of halogens is 1. The van der Waals surface area contributed by atoms with Gasteiger partial charge in [0.05, 0.1) is 6.04 Å². The maximum absolute atomic E-state index is 10.7. The number of nitrogens with two attached hydrogens (primary N) is 1. The average Bonchev–Trinajstić information content (AvgIpc) is 2.21. The summed E-state index contributed by atoms with van der Waals surface area (Å²) in [6.07, 6.45) is 0. The van der Waals surface area contributed by atoms with Crippen molar-refractivity contribution in [3.05, 3.63) is 34.9 Å². The van der Waals surface area contributed by atoms with Gasteiger partial charge >= 0.3 is 5.97 Å². The third-order valence-electron chi connectivity index (χ3n) is 2.18. The Morgan fingerprint density at radius 3 is 2.40 bits per heavy atom. The van der Waals surface area contributed by atoms with E-state index in [9.17, 15) is 4.79 Å². The molecule has 0 saturated carbocycles. The molecule has 2 unspecified atom stereocenters. The zero-order chi connectivity index (χ0) is 11.4. The molecule has 15 heavy (non-hydrogen) atoms. The van der Waals surface area contributed by atoms with Crippen molar-refractivity contribution in [2.75, 3.05) is 7.05 Å². The van der Waals surface area contributed by atoms with Crippen LogP contribution in [0.1, 0.15) is 11.6 Å². The van der Waals surface area contributed by atoms with E-state index in [1.54, 1.807) is 31.3 Å². The number of rotatable bonds is 4. The summed E-state index contributed by atoms with van der Waals surface area (Å²) in [4.78, 5) is 10.7. The van der Waals surface area contributed by atoms with Crippen molar-refractivity contribution in [1.82, 2.24) is 5.32 Å². The summed E-state index contributed by atoms with van der Waals surface area (Å²) < 4.78 is 0. The Bertz CT molecular complexity index is 340. The highest BCUT2D eigenvalue weighted by atomic mass is 35.5. The highest BCUT2D eigenvalue weighted by Gasteiger charge is 2.23. The van der Waals surface area contributed by atoms with Gasteiger partial charge in [-0.2, -0.15) is 0 Å². The fourth-order valence-corrected chi connectivity index (χ4v) is 1.49. The van der Waals surface area contributed by atoms with Gasteiger partial charge in [-0.15, -0.1) is 0 Å². The molecule has 5 heteroatoms. The summed E-state index contributed by atoms with van der Waals surface area (Å²) in [6.45, 7) is 0. The Morgan fingerprint density at radius 1 is 1.47 bits per heavy atom. The molecule has 1 rings (SSSR count). The molecule has 0 aliphatic heterocycles. The van der Waals surface area contributed by atoms with Crippen LogP contribution in [0.5, 0.6) is 0 Å². The molecule has 0 aliphatic carbocycles. The SMILES string of the molecule is CNC(c1ccc(Cl)cc1)C(N)C(=O)O. The molecular weight excluding hydrogens is 216 g/mol. The van der Waals surface area contributed by atoms with Crippen molar-refractivity contribution in [2.45, 2.75) is 12.1 Å². The van der Waals surface area contributed by atoms with Crippen LogP contribution in [0.15, 0.2) is 24.3 Å². The van der Waals surface area contributed by atoms with Crippen molar-refractivity contribution >= 4 is 17.6 Å². The number of benzene rings is 1. The molecule has 0 amide bonds. The van der Waals surface area contributed by atoms with Gasteiger partial charge in [0.15, 0.2) is 0 Å². The van der Waals surface area contributed by atoms with Crippen LogP contribution >= 0.6 is 11.6 Å². The zero-order valence-corrected chi connectivity index (χ0v) is 9.03. The third kappa shape index (κ3) is 2.92. The number of carboxylic acid groups (broad SMARTS) is 1. The van der Waals surface area contributed by atoms with Gasteiger partial charge in [-0.25, -0.2) is 0 Å². The molecule has 1 aromatic rings. The molecule has 0 radical (unpaired) electrons. The van der Waals surface area contributed by atoms with E-state index in [4.69, 9.17) is 22.4 Å². The van der Waals surface area contributed by atoms with Crippen LogP contribution < -0.4 is 11.1 Å². The Balaban J connectivity index is 2.92. The molecule has 4 nitrogen and oxygen atoms in total. The summed E-state index contributed by atoms with van der Waals surface area (Å²) in [5.74, 6) is -1.04. The van der Waals surface area contributed by atoms with E-state index in [-0.39, 0.29) is 0 Å². The van der Waals surface area contributed by atoms with Gasteiger partial charge in [0.2, 0.25) is 0 Å². The minimum absolute atomic E-state index is 0.417. The molecule has 82 valence electrons. The molecule has 1 aromatic carbocycles. The largest absolute Gasteiger partial charge is 0.480 e. The summed E-state index contributed by atoms with van der Waals surface area (Å²) in [5.41, 5.74) is 6.35. The lowest BCUT2D eigenvalue weighted by Crippen LogP contribution is -2.42. The Kier molecular flexibility index (Phi) is 4.08. The number of hydrogen-bond acceptors (Lipinski definition) is 3. The second-order valence-corrected chi connectivity index (χ2v) is 3.62. The first-order valence-corrected chi connectivity index (χ1v) is 4.85. The fraction of sp³-hybridized carbons (Fsp3) is 0.300. The lowest BCUT2D eigenvalue weighted by atomic mass is 10.0. The van der Waals surface area contributed by atoms with E-state index in [0.29, 0.717) is 5.02 Å². The van der Waals surface area contributed by atoms with Crippen molar-refractivity contribution in [2.24, 2.45) is 5.73 Å². The van der Waals surface area contributed by atoms with E-state index in [0.717, 1.165) is 5.56 Å². The van der Waals surface area contributed by atoms with Gasteiger partial charge in [-0.3, -0.25) is 4.79 Å². The van der Waals surface area contributed by atoms with Gasteiger partial charge in [-0.05, 0) is 24.7 Å². The smallest absolute Gasteiger partial charge is 0.322 e. The second kappa shape index (κ2) is 5.11. The average molecular weight is 229 g/mol. The lowest BCUT2D eigenvalue weighted by molar-refractivity contribution is -0.139. The third-order valence-corrected chi connectivity index (χ3v) is 2.44. The number of aliphatic carboxylic acids is 1. The summed E-state index contributed by atoms with van der Waals surface area (Å²) in [6, 6.07) is 5.53. The fourth-order valence-electron chi connectivity index (χ4n) is 1.37. The second-order valence-electron chi connectivity index (χ2n) is 3.18. The van der Waals surface area contributed by atoms with Gasteiger partial charge in [0, 0.05) is 5.02 Å². The Hall–Kier alpha value is -1.10. The van der Waals surface area contributed by atoms with Gasteiger partial charge in [0.1, 0.15) is 6.04 Å². The van der Waals surface area contributed by atoms with Crippen molar-refractivity contribution in [3.8, 4) is 0 Å². The molecular formula is C10H13ClN2O2. The van der Waals surface area contributed by atoms with E-state index in [1.807, 2.05) is 0 Å². The van der Waals surface area contributed by atoms with Crippen molar-refractivity contribution < 1.29 is 9.90 Å². The molecule has 0 saturated heterocycles. The van der Waals surface area contributed by atoms with E-state index < -0.39 is 18.1 Å². The maximum Gasteiger partial charge on any atom is 0.322 e. The first-order valence-electron chi connectivity index (χ1n) is 4.47. The summed E-state index contributed by atoms with van der Waals surface area (Å²) in [5, 5.41) is 12.3. The molecule has 2 atom stereocenters. The number of nitrogens with one attached hydrogen (secondary N) is 1. The van der Waals surface area contributed by atoms with E-state index in [2.05, 4.69) is 5.32 Å². The van der Waals surface area contributed by atoms with Crippen LogP contribution in [0, 0.1) is 0 Å². The minimum Gasteiger partial charge on any atom is -0.480 e. The predicted octanol–water partition coefficient (Wildman–Crippen LogP) is 1.01. The maximum atomic E-state index is 10.7. The zero-order valence-electron chi connectivity index (χ0n) is 8.27. The molecule has 0 aromatic heterocycles. The molecule has 0 heterocycles. The normalized spacial score (nSPS) is 14.6. The van der Waals surface area contributed by atoms with Crippen LogP contribution in [0.3, 0.4) is 0 Å². The Morgan fingerprint density at radius 2 is 2.00 bits per heavy atom. The summed E-state index contributed by atoms with van der Waals surface area (Å²) in [7, 11) is 1.67. The lowest BCUT2D eigenvalue weighted by Gasteiger charge is -2.20. The van der Waals surface area contributed by atoms with Crippen LogP contribution in [-0.2, 0) is 4.79 Å². The Labute approximate surface area is 93.0 Å². The van der Waals surface area contributed by atoms with E-state index in [1.165, 1.54) is 0 Å². The van der Waals surface area contributed by atoms with Gasteiger partial charge in [-0.1, -0.05) is 23.7 Å². The van der Waals surface area contributed by atoms with Gasteiger partial charge in [0.25, 0.3) is 0 Å². The van der Waals surface area contributed by atoms with Crippen LogP contribution in [0.4, 0.5) is 0 Å². The number of likely N-dealkylation sites (N-methyl/N-ethyl adjacent to an activating group) is 1. The minimum atomic E-state index is -1.04. The van der Waals surface area contributed by atoms with Crippen LogP contribution in [0.25, 0.3) is 0 Å². The molecule has 0 aliphatic rings. The molecule has 4 N–H and O–H groups in total. The predicted molar refractivity (Wildman–Crippen MR) is 58.9 cm³/mol. The molecule has 0 bridgehead atoms. The van der Waals surface area contributed by atoms with Crippen LogP contribution in [-0.4, -0.2) is 24.2 Å².